The van der Waals surface area contributed by atoms with E-state index in [-0.39, 0.29) is 18.1 Å². The van der Waals surface area contributed by atoms with E-state index < -0.39 is 10.0 Å². The topological polar surface area (TPSA) is 76.2 Å². The van der Waals surface area contributed by atoms with Crippen molar-refractivity contribution >= 4 is 15.9 Å². The van der Waals surface area contributed by atoms with Gasteiger partial charge in [-0.15, -0.1) is 0 Å². The van der Waals surface area contributed by atoms with Gasteiger partial charge in [-0.1, -0.05) is 0 Å². The smallest absolute Gasteiger partial charge is 0.227 e. The molecule has 1 aromatic carbocycles. The number of carbonyl (C=O) groups excluding carboxylic acids is 1. The average Bonchev–Trinajstić information content (AvgIpc) is 2.88. The zero-order valence-electron chi connectivity index (χ0n) is 15.0. The maximum atomic E-state index is 12.7. The Morgan fingerprint density at radius 1 is 1.12 bits per heavy atom. The van der Waals surface area contributed by atoms with Crippen molar-refractivity contribution in [2.75, 3.05) is 46.2 Å². The molecule has 0 bridgehead atoms. The van der Waals surface area contributed by atoms with Gasteiger partial charge < -0.3 is 14.4 Å². The van der Waals surface area contributed by atoms with E-state index in [9.17, 15) is 13.2 Å². The summed E-state index contributed by atoms with van der Waals surface area (Å²) in [5, 5.41) is 0. The molecule has 1 heterocycles. The predicted molar refractivity (Wildman–Crippen MR) is 95.5 cm³/mol. The second kappa shape index (κ2) is 8.53. The van der Waals surface area contributed by atoms with E-state index >= 15 is 0 Å². The first-order valence-corrected chi connectivity index (χ1v) is 9.98. The summed E-state index contributed by atoms with van der Waals surface area (Å²) in [4.78, 5) is 14.4. The minimum Gasteiger partial charge on any atom is -0.497 e. The molecule has 1 fully saturated rings. The van der Waals surface area contributed by atoms with Crippen molar-refractivity contribution in [3.8, 4) is 11.5 Å². The second-order valence-electron chi connectivity index (χ2n) is 5.89. The van der Waals surface area contributed by atoms with Gasteiger partial charge in [-0.25, -0.2) is 12.7 Å². The molecule has 0 spiro atoms. The van der Waals surface area contributed by atoms with E-state index in [0.29, 0.717) is 44.1 Å². The van der Waals surface area contributed by atoms with Crippen LogP contribution in [0.4, 0.5) is 0 Å². The zero-order valence-corrected chi connectivity index (χ0v) is 15.8. The van der Waals surface area contributed by atoms with Gasteiger partial charge in [0.15, 0.2) is 0 Å². The fourth-order valence-electron chi connectivity index (χ4n) is 2.90. The summed E-state index contributed by atoms with van der Waals surface area (Å²) in [6.45, 7) is 3.41. The van der Waals surface area contributed by atoms with Crippen molar-refractivity contribution < 1.29 is 22.7 Å². The summed E-state index contributed by atoms with van der Waals surface area (Å²) in [6.07, 6.45) is 0.834. The molecule has 1 aliphatic rings. The average molecular weight is 370 g/mol. The molecule has 0 aliphatic carbocycles. The van der Waals surface area contributed by atoms with Gasteiger partial charge in [0.25, 0.3) is 0 Å². The highest BCUT2D eigenvalue weighted by Crippen LogP contribution is 2.25. The Labute approximate surface area is 149 Å². The van der Waals surface area contributed by atoms with Crippen LogP contribution in [0.1, 0.15) is 18.9 Å². The van der Waals surface area contributed by atoms with Gasteiger partial charge in [0, 0.05) is 31.7 Å². The maximum Gasteiger partial charge on any atom is 0.227 e. The van der Waals surface area contributed by atoms with Crippen molar-refractivity contribution in [1.29, 1.82) is 0 Å². The molecule has 140 valence electrons. The Morgan fingerprint density at radius 3 is 2.52 bits per heavy atom. The molecule has 25 heavy (non-hydrogen) atoms. The van der Waals surface area contributed by atoms with E-state index in [2.05, 4.69) is 0 Å². The van der Waals surface area contributed by atoms with Gasteiger partial charge in [-0.05, 0) is 31.5 Å². The van der Waals surface area contributed by atoms with E-state index in [4.69, 9.17) is 9.47 Å². The first-order valence-electron chi connectivity index (χ1n) is 8.37. The largest absolute Gasteiger partial charge is 0.497 e. The summed E-state index contributed by atoms with van der Waals surface area (Å²) in [6, 6.07) is 5.36. The maximum absolute atomic E-state index is 12.7. The predicted octanol–water partition coefficient (Wildman–Crippen LogP) is 1.13. The molecular weight excluding hydrogens is 344 g/mol. The number of ether oxygens (including phenoxy) is 2. The Morgan fingerprint density at radius 2 is 1.88 bits per heavy atom. The van der Waals surface area contributed by atoms with Gasteiger partial charge in [-0.3, -0.25) is 4.79 Å². The van der Waals surface area contributed by atoms with Gasteiger partial charge in [0.05, 0.1) is 26.4 Å². The number of hydrogen-bond acceptors (Lipinski definition) is 5. The molecule has 1 amide bonds. The lowest BCUT2D eigenvalue weighted by atomic mass is 10.1. The van der Waals surface area contributed by atoms with Crippen molar-refractivity contribution in [2.45, 2.75) is 19.8 Å². The van der Waals surface area contributed by atoms with Crippen LogP contribution in [0.2, 0.25) is 0 Å². The molecule has 1 aliphatic heterocycles. The minimum atomic E-state index is -3.21. The third kappa shape index (κ3) is 4.85. The second-order valence-corrected chi connectivity index (χ2v) is 8.15. The van der Waals surface area contributed by atoms with Crippen LogP contribution in [0.25, 0.3) is 0 Å². The summed E-state index contributed by atoms with van der Waals surface area (Å²) in [5.74, 6) is 1.35. The quantitative estimate of drug-likeness (QED) is 0.750. The zero-order chi connectivity index (χ0) is 18.4. The molecular formula is C17H26N2O5S. The SMILES string of the molecule is CCS(=O)(=O)N1CCCN(C(=O)Cc2cc(OC)ccc2OC)CC1. The summed E-state index contributed by atoms with van der Waals surface area (Å²) in [7, 11) is -0.0744. The number of carbonyl (C=O) groups is 1. The van der Waals surface area contributed by atoms with E-state index in [1.165, 1.54) is 4.31 Å². The first kappa shape index (κ1) is 19.5. The number of sulfonamides is 1. The van der Waals surface area contributed by atoms with Crippen LogP contribution in [0.5, 0.6) is 11.5 Å². The van der Waals surface area contributed by atoms with E-state index in [1.54, 1.807) is 44.2 Å². The molecule has 8 heteroatoms. The van der Waals surface area contributed by atoms with Crippen molar-refractivity contribution in [3.63, 3.8) is 0 Å². The molecule has 0 N–H and O–H groups in total. The molecule has 1 aromatic rings. The molecule has 0 atom stereocenters. The highest BCUT2D eigenvalue weighted by atomic mass is 32.2. The highest BCUT2D eigenvalue weighted by Gasteiger charge is 2.25. The van der Waals surface area contributed by atoms with Crippen LogP contribution >= 0.6 is 0 Å². The number of rotatable bonds is 6. The highest BCUT2D eigenvalue weighted by molar-refractivity contribution is 7.89. The molecule has 0 saturated carbocycles. The van der Waals surface area contributed by atoms with Gasteiger partial charge in [0.1, 0.15) is 11.5 Å². The third-order valence-electron chi connectivity index (χ3n) is 4.40. The normalized spacial score (nSPS) is 16.4. The van der Waals surface area contributed by atoms with Crippen LogP contribution in [0, 0.1) is 0 Å². The van der Waals surface area contributed by atoms with Gasteiger partial charge in [0.2, 0.25) is 15.9 Å². The van der Waals surface area contributed by atoms with Gasteiger partial charge >= 0.3 is 0 Å². The fourth-order valence-corrected chi connectivity index (χ4v) is 4.03. The van der Waals surface area contributed by atoms with Crippen molar-refractivity contribution in [1.82, 2.24) is 9.21 Å². The number of amides is 1. The number of hydrogen-bond donors (Lipinski definition) is 0. The fraction of sp³-hybridized carbons (Fsp3) is 0.588. The standard InChI is InChI=1S/C17H26N2O5S/c1-4-25(21,22)19-9-5-8-18(10-11-19)17(20)13-14-12-15(23-2)6-7-16(14)24-3/h6-7,12H,4-5,8-11,13H2,1-3H3. The summed E-state index contributed by atoms with van der Waals surface area (Å²) < 4.78 is 36.1. The lowest BCUT2D eigenvalue weighted by molar-refractivity contribution is -0.130. The molecule has 0 aromatic heterocycles. The summed E-state index contributed by atoms with van der Waals surface area (Å²) >= 11 is 0. The Balaban J connectivity index is 2.07. The lowest BCUT2D eigenvalue weighted by Crippen LogP contribution is -2.38. The monoisotopic (exact) mass is 370 g/mol. The van der Waals surface area contributed by atoms with Crippen molar-refractivity contribution in [3.05, 3.63) is 23.8 Å². The van der Waals surface area contributed by atoms with E-state index in [0.717, 1.165) is 5.56 Å². The minimum absolute atomic E-state index is 0.0395. The van der Waals surface area contributed by atoms with Crippen LogP contribution < -0.4 is 9.47 Å². The number of nitrogens with zero attached hydrogens (tertiary/aromatic N) is 2. The molecule has 2 rings (SSSR count). The molecule has 0 radical (unpaired) electrons. The van der Waals surface area contributed by atoms with E-state index in [1.807, 2.05) is 0 Å². The van der Waals surface area contributed by atoms with Crippen LogP contribution in [0.3, 0.4) is 0 Å². The Bertz CT molecular complexity index is 705. The van der Waals surface area contributed by atoms with Crippen LogP contribution in [-0.4, -0.2) is 69.7 Å². The van der Waals surface area contributed by atoms with Crippen LogP contribution in [-0.2, 0) is 21.2 Å². The molecule has 7 nitrogen and oxygen atoms in total. The third-order valence-corrected chi connectivity index (χ3v) is 6.28. The first-order chi connectivity index (χ1) is 11.9. The number of benzene rings is 1. The lowest BCUT2D eigenvalue weighted by Gasteiger charge is -2.22. The van der Waals surface area contributed by atoms with Crippen molar-refractivity contribution in [2.24, 2.45) is 0 Å². The van der Waals surface area contributed by atoms with Crippen LogP contribution in [0.15, 0.2) is 18.2 Å². The Hall–Kier alpha value is -1.80. The summed E-state index contributed by atoms with van der Waals surface area (Å²) in [5.41, 5.74) is 0.758. The Kier molecular flexibility index (Phi) is 6.66. The molecule has 0 unspecified atom stereocenters. The number of methoxy groups -OCH3 is 2. The van der Waals surface area contributed by atoms with Gasteiger partial charge in [-0.2, -0.15) is 0 Å². The molecule has 1 saturated heterocycles.